The SMILES string of the molecule is [C-]#[N+]CC(C(=O)c1cccc(I)c1F)c1ccc(Cl)cc1F. The Bertz CT molecular complexity index is 773. The molecule has 2 nitrogen and oxygen atoms in total. The second-order valence-corrected chi connectivity index (χ2v) is 6.12. The summed E-state index contributed by atoms with van der Waals surface area (Å²) in [5, 5.41) is 0.190. The van der Waals surface area contributed by atoms with Gasteiger partial charge in [-0.05, 0) is 46.9 Å². The van der Waals surface area contributed by atoms with Gasteiger partial charge in [0.25, 0.3) is 0 Å². The number of hydrogen-bond donors (Lipinski definition) is 0. The van der Waals surface area contributed by atoms with Gasteiger partial charge in [0.2, 0.25) is 6.54 Å². The third-order valence-electron chi connectivity index (χ3n) is 3.15. The number of carbonyl (C=O) groups is 1. The molecule has 1 atom stereocenters. The molecule has 0 aromatic heterocycles. The topological polar surface area (TPSA) is 21.4 Å². The number of carbonyl (C=O) groups excluding carboxylic acids is 1. The first-order chi connectivity index (χ1) is 10.5. The fraction of sp³-hybridized carbons (Fsp3) is 0.125. The molecule has 0 saturated heterocycles. The Morgan fingerprint density at radius 1 is 1.32 bits per heavy atom. The van der Waals surface area contributed by atoms with E-state index in [9.17, 15) is 13.6 Å². The number of benzene rings is 2. The summed E-state index contributed by atoms with van der Waals surface area (Å²) in [6.07, 6.45) is 0. The van der Waals surface area contributed by atoms with Gasteiger partial charge in [-0.25, -0.2) is 15.4 Å². The molecule has 1 unspecified atom stereocenters. The molecule has 2 aromatic carbocycles. The van der Waals surface area contributed by atoms with E-state index in [4.69, 9.17) is 18.2 Å². The summed E-state index contributed by atoms with van der Waals surface area (Å²) in [6.45, 7) is 6.71. The minimum atomic E-state index is -1.07. The molecule has 0 aliphatic rings. The minimum Gasteiger partial charge on any atom is -0.316 e. The monoisotopic (exact) mass is 431 g/mol. The van der Waals surface area contributed by atoms with E-state index in [-0.39, 0.29) is 22.7 Å². The minimum absolute atomic E-state index is 0.0451. The van der Waals surface area contributed by atoms with Crippen molar-refractivity contribution in [2.24, 2.45) is 0 Å². The van der Waals surface area contributed by atoms with Crippen LogP contribution in [-0.4, -0.2) is 12.3 Å². The molecule has 0 N–H and O–H groups in total. The Balaban J connectivity index is 2.50. The van der Waals surface area contributed by atoms with Crippen molar-refractivity contribution in [3.63, 3.8) is 0 Å². The van der Waals surface area contributed by atoms with Gasteiger partial charge in [-0.2, -0.15) is 0 Å². The van der Waals surface area contributed by atoms with Crippen molar-refractivity contribution < 1.29 is 13.6 Å². The number of hydrogen-bond acceptors (Lipinski definition) is 1. The first-order valence-corrected chi connectivity index (χ1v) is 7.67. The fourth-order valence-electron chi connectivity index (χ4n) is 2.08. The van der Waals surface area contributed by atoms with E-state index in [1.54, 1.807) is 28.7 Å². The van der Waals surface area contributed by atoms with Gasteiger partial charge < -0.3 is 4.85 Å². The van der Waals surface area contributed by atoms with E-state index >= 15 is 0 Å². The molecule has 22 heavy (non-hydrogen) atoms. The highest BCUT2D eigenvalue weighted by Crippen LogP contribution is 2.28. The summed E-state index contributed by atoms with van der Waals surface area (Å²) in [6, 6.07) is 8.29. The van der Waals surface area contributed by atoms with Crippen molar-refractivity contribution >= 4 is 40.0 Å². The van der Waals surface area contributed by atoms with E-state index in [2.05, 4.69) is 4.85 Å². The Labute approximate surface area is 145 Å². The van der Waals surface area contributed by atoms with Crippen molar-refractivity contribution in [1.29, 1.82) is 0 Å². The van der Waals surface area contributed by atoms with Crippen LogP contribution in [0.15, 0.2) is 36.4 Å². The predicted octanol–water partition coefficient (Wildman–Crippen LogP) is 5.11. The second-order valence-electron chi connectivity index (χ2n) is 4.52. The van der Waals surface area contributed by atoms with Gasteiger partial charge in [0, 0.05) is 14.2 Å². The molecule has 2 rings (SSSR count). The molecule has 0 saturated carbocycles. The number of ketones is 1. The van der Waals surface area contributed by atoms with Crippen LogP contribution >= 0.6 is 34.2 Å². The first kappa shape index (κ1) is 16.8. The maximum absolute atomic E-state index is 14.1. The smallest absolute Gasteiger partial charge is 0.228 e. The maximum atomic E-state index is 14.1. The molecule has 0 spiro atoms. The highest BCUT2D eigenvalue weighted by Gasteiger charge is 2.30. The van der Waals surface area contributed by atoms with Crippen LogP contribution in [-0.2, 0) is 0 Å². The molecule has 0 amide bonds. The second kappa shape index (κ2) is 7.16. The third kappa shape index (κ3) is 3.45. The van der Waals surface area contributed by atoms with Gasteiger partial charge in [-0.1, -0.05) is 23.7 Å². The number of halogens is 4. The van der Waals surface area contributed by atoms with E-state index < -0.39 is 23.3 Å². The summed E-state index contributed by atoms with van der Waals surface area (Å²) >= 11 is 7.47. The summed E-state index contributed by atoms with van der Waals surface area (Å²) in [7, 11) is 0. The lowest BCUT2D eigenvalue weighted by Crippen LogP contribution is -2.18. The van der Waals surface area contributed by atoms with Crippen LogP contribution in [0, 0.1) is 21.8 Å². The molecule has 6 heteroatoms. The number of Topliss-reactive ketones (excluding diaryl/α,β-unsaturated/α-hetero) is 1. The van der Waals surface area contributed by atoms with Crippen molar-refractivity contribution in [3.8, 4) is 0 Å². The predicted molar refractivity (Wildman–Crippen MR) is 89.1 cm³/mol. The molecule has 0 fully saturated rings. The van der Waals surface area contributed by atoms with E-state index in [0.717, 1.165) is 6.07 Å². The van der Waals surface area contributed by atoms with Crippen molar-refractivity contribution in [1.82, 2.24) is 0 Å². The Hall–Kier alpha value is -1.52. The maximum Gasteiger partial charge on any atom is 0.228 e. The third-order valence-corrected chi connectivity index (χ3v) is 4.21. The standard InChI is InChI=1S/C16H9ClF2INO/c1-21-8-12(10-6-5-9(17)7-13(10)18)16(22)11-3-2-4-14(20)15(11)19/h2-7,12H,8H2. The molecule has 0 bridgehead atoms. The van der Waals surface area contributed by atoms with Crippen LogP contribution in [0.1, 0.15) is 21.8 Å². The van der Waals surface area contributed by atoms with Crippen LogP contribution in [0.5, 0.6) is 0 Å². The average Bonchev–Trinajstić information content (AvgIpc) is 2.48. The normalized spacial score (nSPS) is 11.8. The van der Waals surface area contributed by atoms with Crippen LogP contribution in [0.3, 0.4) is 0 Å². The Morgan fingerprint density at radius 3 is 2.68 bits per heavy atom. The van der Waals surface area contributed by atoms with Gasteiger partial charge in [-0.3, -0.25) is 4.79 Å². The van der Waals surface area contributed by atoms with Crippen LogP contribution in [0.4, 0.5) is 8.78 Å². The molecule has 0 aliphatic carbocycles. The van der Waals surface area contributed by atoms with Crippen molar-refractivity contribution in [2.45, 2.75) is 5.92 Å². The van der Waals surface area contributed by atoms with Gasteiger partial charge in [0.05, 0.1) is 5.56 Å². The van der Waals surface area contributed by atoms with Crippen LogP contribution < -0.4 is 0 Å². The summed E-state index contributed by atoms with van der Waals surface area (Å²) in [4.78, 5) is 15.7. The van der Waals surface area contributed by atoms with E-state index in [1.165, 1.54) is 24.3 Å². The zero-order valence-electron chi connectivity index (χ0n) is 11.1. The van der Waals surface area contributed by atoms with Crippen molar-refractivity contribution in [3.05, 3.63) is 79.2 Å². The fourth-order valence-corrected chi connectivity index (χ4v) is 2.74. The summed E-state index contributed by atoms with van der Waals surface area (Å²) < 4.78 is 28.5. The summed E-state index contributed by atoms with van der Waals surface area (Å²) in [5.74, 6) is -3.02. The largest absolute Gasteiger partial charge is 0.316 e. The highest BCUT2D eigenvalue weighted by molar-refractivity contribution is 14.1. The van der Waals surface area contributed by atoms with Gasteiger partial charge in [-0.15, -0.1) is 0 Å². The molecular formula is C16H9ClF2INO. The first-order valence-electron chi connectivity index (χ1n) is 6.22. The van der Waals surface area contributed by atoms with Gasteiger partial charge >= 0.3 is 0 Å². The average molecular weight is 432 g/mol. The highest BCUT2D eigenvalue weighted by atomic mass is 127. The number of rotatable bonds is 4. The molecule has 0 heterocycles. The molecule has 0 aliphatic heterocycles. The lowest BCUT2D eigenvalue weighted by atomic mass is 9.90. The van der Waals surface area contributed by atoms with Crippen molar-refractivity contribution in [2.75, 3.05) is 6.54 Å². The number of nitrogens with zero attached hydrogens (tertiary/aromatic N) is 1. The molecule has 112 valence electrons. The molecular weight excluding hydrogens is 423 g/mol. The quantitative estimate of drug-likeness (QED) is 0.375. The van der Waals surface area contributed by atoms with Gasteiger partial charge in [0.15, 0.2) is 5.78 Å². The van der Waals surface area contributed by atoms with Gasteiger partial charge in [0.1, 0.15) is 17.6 Å². The Morgan fingerprint density at radius 2 is 2.05 bits per heavy atom. The zero-order valence-corrected chi connectivity index (χ0v) is 14.0. The van der Waals surface area contributed by atoms with E-state index in [0.29, 0.717) is 3.57 Å². The van der Waals surface area contributed by atoms with E-state index in [1.807, 2.05) is 0 Å². The van der Waals surface area contributed by atoms with Crippen LogP contribution in [0.2, 0.25) is 5.02 Å². The lowest BCUT2D eigenvalue weighted by molar-refractivity contribution is 0.0959. The Kier molecular flexibility index (Phi) is 5.48. The molecule has 2 aromatic rings. The zero-order chi connectivity index (χ0) is 16.3. The van der Waals surface area contributed by atoms with Crippen LogP contribution in [0.25, 0.3) is 4.85 Å². The lowest BCUT2D eigenvalue weighted by Gasteiger charge is -2.13. The molecule has 0 radical (unpaired) electrons. The summed E-state index contributed by atoms with van der Waals surface area (Å²) in [5.41, 5.74) is -0.0986.